The van der Waals surface area contributed by atoms with Gasteiger partial charge in [0.25, 0.3) is 0 Å². The van der Waals surface area contributed by atoms with E-state index in [9.17, 15) is 33.6 Å². The number of hydrogen-bond donors (Lipinski definition) is 1. The van der Waals surface area contributed by atoms with Gasteiger partial charge in [0.15, 0.2) is 37.0 Å². The third-order valence-corrected chi connectivity index (χ3v) is 6.24. The molecule has 18 nitrogen and oxygen atoms in total. The molecular weight excluding hydrogens is 610 g/mol. The minimum absolute atomic E-state index is 0.458. The van der Waals surface area contributed by atoms with E-state index in [4.69, 9.17) is 47.4 Å². The van der Waals surface area contributed by atoms with Crippen LogP contribution in [-0.4, -0.2) is 123 Å². The van der Waals surface area contributed by atoms with Gasteiger partial charge < -0.3 is 52.7 Å². The molecule has 1 N–H and O–H groups in total. The van der Waals surface area contributed by atoms with Crippen molar-refractivity contribution in [2.75, 3.05) is 20.3 Å². The number of carbonyl (C=O) groups excluding carboxylic acids is 7. The van der Waals surface area contributed by atoms with Gasteiger partial charge in [-0.1, -0.05) is 0 Å². The number of nitrogens with one attached hydrogen (secondary N) is 1. The molecule has 0 bridgehead atoms. The standard InChI is InChI=1S/C27H39NO17/c1-11(29)28-20-23(41-16(6)34)21(39-14(4)32)18(9-37-12(2)30)43-26(20)45-24-22(40-15(5)33)19(10-38-13(3)31)44-27(36-8)25(24)42-17(7)35/h18-27H,9-10H2,1-8H3,(H,28,29)/t18-,19-,20-,21+,22+,23-,24+,25-,26+,27-/m1/s1. The van der Waals surface area contributed by atoms with Gasteiger partial charge in [-0.15, -0.1) is 0 Å². The van der Waals surface area contributed by atoms with Crippen LogP contribution < -0.4 is 5.32 Å². The molecule has 0 aliphatic carbocycles. The smallest absolute Gasteiger partial charge is 0.303 e. The van der Waals surface area contributed by atoms with E-state index in [1.807, 2.05) is 0 Å². The van der Waals surface area contributed by atoms with E-state index < -0.39 is 116 Å². The van der Waals surface area contributed by atoms with E-state index in [1.54, 1.807) is 0 Å². The number of carbonyl (C=O) groups is 7. The number of hydrogen-bond acceptors (Lipinski definition) is 17. The number of esters is 6. The third kappa shape index (κ3) is 11.2. The lowest BCUT2D eigenvalue weighted by Crippen LogP contribution is -2.69. The average Bonchev–Trinajstić information content (AvgIpc) is 2.90. The first-order valence-corrected chi connectivity index (χ1v) is 13.8. The van der Waals surface area contributed by atoms with Crippen LogP contribution >= 0.6 is 0 Å². The maximum atomic E-state index is 12.4. The fraction of sp³-hybridized carbons (Fsp3) is 0.741. The van der Waals surface area contributed by atoms with Crippen LogP contribution in [0.15, 0.2) is 0 Å². The summed E-state index contributed by atoms with van der Waals surface area (Å²) in [4.78, 5) is 84.3. The van der Waals surface area contributed by atoms with Crippen LogP contribution in [0.3, 0.4) is 0 Å². The largest absolute Gasteiger partial charge is 0.463 e. The molecule has 0 spiro atoms. The minimum Gasteiger partial charge on any atom is -0.463 e. The zero-order valence-corrected chi connectivity index (χ0v) is 26.1. The summed E-state index contributed by atoms with van der Waals surface area (Å²) >= 11 is 0. The first kappa shape index (κ1) is 37.3. The van der Waals surface area contributed by atoms with Crippen molar-refractivity contribution in [2.24, 2.45) is 0 Å². The van der Waals surface area contributed by atoms with Crippen molar-refractivity contribution in [1.29, 1.82) is 0 Å². The van der Waals surface area contributed by atoms with Crippen molar-refractivity contribution in [1.82, 2.24) is 5.32 Å². The molecule has 1 amide bonds. The fourth-order valence-corrected chi connectivity index (χ4v) is 4.77. The molecule has 254 valence electrons. The summed E-state index contributed by atoms with van der Waals surface area (Å²) in [5.74, 6) is -5.38. The topological polar surface area (TPSA) is 224 Å². The lowest BCUT2D eigenvalue weighted by molar-refractivity contribution is -0.347. The Morgan fingerprint density at radius 2 is 0.933 bits per heavy atom. The Kier molecular flexibility index (Phi) is 14.1. The summed E-state index contributed by atoms with van der Waals surface area (Å²) in [6.45, 7) is 6.72. The van der Waals surface area contributed by atoms with Crippen LogP contribution in [0.25, 0.3) is 0 Å². The molecule has 2 aliphatic heterocycles. The predicted octanol–water partition coefficient (Wildman–Crippen LogP) is -1.17. The molecule has 45 heavy (non-hydrogen) atoms. The van der Waals surface area contributed by atoms with E-state index in [2.05, 4.69) is 5.32 Å². The summed E-state index contributed by atoms with van der Waals surface area (Å²) in [7, 11) is 1.22. The van der Waals surface area contributed by atoms with E-state index in [1.165, 1.54) is 7.11 Å². The van der Waals surface area contributed by atoms with E-state index in [-0.39, 0.29) is 0 Å². The van der Waals surface area contributed by atoms with Crippen molar-refractivity contribution >= 4 is 41.7 Å². The van der Waals surface area contributed by atoms with Gasteiger partial charge in [-0.05, 0) is 0 Å². The summed E-state index contributed by atoms with van der Waals surface area (Å²) in [5, 5.41) is 2.54. The summed E-state index contributed by atoms with van der Waals surface area (Å²) in [6.07, 6.45) is -12.9. The summed E-state index contributed by atoms with van der Waals surface area (Å²) in [5.41, 5.74) is 0. The second-order valence-electron chi connectivity index (χ2n) is 10.0. The Labute approximate surface area is 258 Å². The van der Waals surface area contributed by atoms with Gasteiger partial charge in [0.2, 0.25) is 5.91 Å². The van der Waals surface area contributed by atoms with Crippen LogP contribution in [0.5, 0.6) is 0 Å². The molecule has 2 aliphatic rings. The van der Waals surface area contributed by atoms with Crippen molar-refractivity contribution in [3.05, 3.63) is 0 Å². The molecule has 18 heteroatoms. The molecule has 10 atom stereocenters. The Morgan fingerprint density at radius 1 is 0.533 bits per heavy atom. The Balaban J connectivity index is 2.70. The molecule has 0 aromatic rings. The molecule has 2 fully saturated rings. The molecular formula is C27H39NO17. The highest BCUT2D eigenvalue weighted by Gasteiger charge is 2.56. The zero-order valence-electron chi connectivity index (χ0n) is 26.1. The van der Waals surface area contributed by atoms with Crippen LogP contribution in [0, 0.1) is 0 Å². The second-order valence-corrected chi connectivity index (χ2v) is 10.0. The molecule has 0 radical (unpaired) electrons. The van der Waals surface area contributed by atoms with Crippen LogP contribution in [0.4, 0.5) is 0 Å². The highest BCUT2D eigenvalue weighted by molar-refractivity contribution is 5.74. The van der Waals surface area contributed by atoms with Gasteiger partial charge >= 0.3 is 35.8 Å². The number of methoxy groups -OCH3 is 1. The van der Waals surface area contributed by atoms with Gasteiger partial charge in [-0.3, -0.25) is 33.6 Å². The molecule has 2 heterocycles. The van der Waals surface area contributed by atoms with Gasteiger partial charge in [0.1, 0.15) is 37.6 Å². The first-order valence-electron chi connectivity index (χ1n) is 13.8. The molecule has 2 saturated heterocycles. The summed E-state index contributed by atoms with van der Waals surface area (Å²) in [6, 6.07) is -1.42. The molecule has 0 aromatic carbocycles. The van der Waals surface area contributed by atoms with Crippen LogP contribution in [0.1, 0.15) is 48.5 Å². The SMILES string of the molecule is CO[C@@H]1O[C@H](COC(C)=O)[C@H](OC(C)=O)[C@H](O[C@@H]2O[C@H](COC(C)=O)[C@H](OC(C)=O)[C@H](OC(C)=O)[C@H]2NC(C)=O)[C@H]1OC(C)=O. The Hall–Kier alpha value is -3.87. The van der Waals surface area contributed by atoms with Crippen LogP contribution in [0.2, 0.25) is 0 Å². The van der Waals surface area contributed by atoms with Gasteiger partial charge in [0.05, 0.1) is 0 Å². The van der Waals surface area contributed by atoms with E-state index in [0.29, 0.717) is 0 Å². The van der Waals surface area contributed by atoms with Crippen LogP contribution in [-0.2, 0) is 80.9 Å². The quantitative estimate of drug-likeness (QED) is 0.194. The maximum Gasteiger partial charge on any atom is 0.303 e. The first-order chi connectivity index (χ1) is 21.0. The van der Waals surface area contributed by atoms with Gasteiger partial charge in [-0.2, -0.15) is 0 Å². The number of amides is 1. The van der Waals surface area contributed by atoms with Crippen molar-refractivity contribution in [3.8, 4) is 0 Å². The Morgan fingerprint density at radius 3 is 1.33 bits per heavy atom. The molecule has 2 rings (SSSR count). The van der Waals surface area contributed by atoms with Crippen molar-refractivity contribution in [2.45, 2.75) is 110 Å². The molecule has 0 saturated carbocycles. The highest BCUT2D eigenvalue weighted by atomic mass is 16.8. The predicted molar refractivity (Wildman–Crippen MR) is 142 cm³/mol. The Bertz CT molecular complexity index is 1110. The van der Waals surface area contributed by atoms with Crippen molar-refractivity contribution < 1.29 is 80.9 Å². The van der Waals surface area contributed by atoms with Gasteiger partial charge in [0, 0.05) is 55.6 Å². The number of ether oxygens (including phenoxy) is 10. The lowest BCUT2D eigenvalue weighted by atomic mass is 9.94. The fourth-order valence-electron chi connectivity index (χ4n) is 4.77. The van der Waals surface area contributed by atoms with Gasteiger partial charge in [-0.25, -0.2) is 0 Å². The normalized spacial score (nSPS) is 31.0. The zero-order chi connectivity index (χ0) is 34.0. The maximum absolute atomic E-state index is 12.4. The molecule has 0 unspecified atom stereocenters. The average molecular weight is 650 g/mol. The van der Waals surface area contributed by atoms with E-state index >= 15 is 0 Å². The second kappa shape index (κ2) is 17.0. The number of rotatable bonds is 12. The summed E-state index contributed by atoms with van der Waals surface area (Å²) < 4.78 is 55.5. The molecule has 0 aromatic heterocycles. The highest BCUT2D eigenvalue weighted by Crippen LogP contribution is 2.34. The van der Waals surface area contributed by atoms with E-state index in [0.717, 1.165) is 48.5 Å². The van der Waals surface area contributed by atoms with Crippen molar-refractivity contribution in [3.63, 3.8) is 0 Å². The lowest BCUT2D eigenvalue weighted by Gasteiger charge is -2.49. The minimum atomic E-state index is -1.66. The monoisotopic (exact) mass is 649 g/mol. The third-order valence-electron chi connectivity index (χ3n) is 6.24.